The minimum absolute atomic E-state index is 0.361. The number of hydrogen-bond acceptors (Lipinski definition) is 3. The topological polar surface area (TPSA) is 92.4 Å². The third-order valence-corrected chi connectivity index (χ3v) is 2.46. The first kappa shape index (κ1) is 14.1. The van der Waals surface area contributed by atoms with Crippen molar-refractivity contribution in [2.75, 3.05) is 0 Å². The van der Waals surface area contributed by atoms with Gasteiger partial charge in [0.15, 0.2) is 0 Å². The van der Waals surface area contributed by atoms with Crippen LogP contribution < -0.4 is 11.1 Å². The molecule has 0 spiro atoms. The maximum Gasteiger partial charge on any atom is 0.305 e. The summed E-state index contributed by atoms with van der Waals surface area (Å²) in [6.07, 6.45) is -0.429. The highest BCUT2D eigenvalue weighted by Gasteiger charge is 2.19. The summed E-state index contributed by atoms with van der Waals surface area (Å²) < 4.78 is 12.7. The van der Waals surface area contributed by atoms with E-state index in [0.29, 0.717) is 5.56 Å². The van der Waals surface area contributed by atoms with Gasteiger partial charge < -0.3 is 16.2 Å². The monoisotopic (exact) mass is 254 g/mol. The molecule has 0 fully saturated rings. The standard InChI is InChI=1S/C12H15FN2O3/c1-7(8-2-4-9(13)5-3-8)15-12(18)10(14)6-11(16)17/h2-5,7,10H,6,14H2,1H3,(H,15,18)(H,16,17). The molecule has 4 N–H and O–H groups in total. The highest BCUT2D eigenvalue weighted by atomic mass is 19.1. The summed E-state index contributed by atoms with van der Waals surface area (Å²) in [5.74, 6) is -2.04. The van der Waals surface area contributed by atoms with Crippen molar-refractivity contribution < 1.29 is 19.1 Å². The van der Waals surface area contributed by atoms with Gasteiger partial charge in [-0.15, -0.1) is 0 Å². The number of halogens is 1. The molecule has 2 unspecified atom stereocenters. The quantitative estimate of drug-likeness (QED) is 0.724. The van der Waals surface area contributed by atoms with E-state index >= 15 is 0 Å². The van der Waals surface area contributed by atoms with E-state index in [1.807, 2.05) is 0 Å². The molecule has 0 bridgehead atoms. The fourth-order valence-corrected chi connectivity index (χ4v) is 1.44. The molecule has 0 saturated carbocycles. The fraction of sp³-hybridized carbons (Fsp3) is 0.333. The molecule has 1 aromatic carbocycles. The molecule has 1 amide bonds. The lowest BCUT2D eigenvalue weighted by molar-refractivity contribution is -0.139. The van der Waals surface area contributed by atoms with Crippen LogP contribution in [0.1, 0.15) is 24.9 Å². The highest BCUT2D eigenvalue weighted by molar-refractivity contribution is 5.86. The van der Waals surface area contributed by atoms with Crippen LogP contribution in [0.2, 0.25) is 0 Å². The van der Waals surface area contributed by atoms with Crippen LogP contribution in [0, 0.1) is 5.82 Å². The molecule has 0 radical (unpaired) electrons. The normalized spacial score (nSPS) is 13.7. The number of rotatable bonds is 5. The molecule has 1 rings (SSSR count). The zero-order valence-electron chi connectivity index (χ0n) is 9.89. The number of carboxylic acids is 1. The molecular weight excluding hydrogens is 239 g/mol. The molecule has 0 heterocycles. The van der Waals surface area contributed by atoms with Crippen molar-refractivity contribution in [2.24, 2.45) is 5.73 Å². The van der Waals surface area contributed by atoms with Crippen LogP contribution in [-0.4, -0.2) is 23.0 Å². The molecule has 0 aliphatic carbocycles. The Morgan fingerprint density at radius 2 is 1.94 bits per heavy atom. The maximum absolute atomic E-state index is 12.7. The molecule has 98 valence electrons. The molecule has 5 nitrogen and oxygen atoms in total. The van der Waals surface area contributed by atoms with Gasteiger partial charge in [0.1, 0.15) is 5.82 Å². The first-order chi connectivity index (χ1) is 8.40. The van der Waals surface area contributed by atoms with E-state index < -0.39 is 24.3 Å². The number of amides is 1. The number of carbonyl (C=O) groups excluding carboxylic acids is 1. The lowest BCUT2D eigenvalue weighted by atomic mass is 10.1. The van der Waals surface area contributed by atoms with Crippen molar-refractivity contribution in [1.82, 2.24) is 5.32 Å². The van der Waals surface area contributed by atoms with Gasteiger partial charge in [0, 0.05) is 0 Å². The van der Waals surface area contributed by atoms with Crippen molar-refractivity contribution in [3.05, 3.63) is 35.6 Å². The third kappa shape index (κ3) is 4.14. The van der Waals surface area contributed by atoms with Crippen LogP contribution in [0.4, 0.5) is 4.39 Å². The van der Waals surface area contributed by atoms with E-state index in [2.05, 4.69) is 5.32 Å². The number of nitrogens with two attached hydrogens (primary N) is 1. The van der Waals surface area contributed by atoms with E-state index in [1.165, 1.54) is 12.1 Å². The van der Waals surface area contributed by atoms with Gasteiger partial charge in [-0.25, -0.2) is 4.39 Å². The predicted octanol–water partition coefficient (Wildman–Crippen LogP) is 0.805. The number of benzene rings is 1. The van der Waals surface area contributed by atoms with Crippen LogP contribution in [0.5, 0.6) is 0 Å². The van der Waals surface area contributed by atoms with Crippen molar-refractivity contribution in [1.29, 1.82) is 0 Å². The smallest absolute Gasteiger partial charge is 0.305 e. The summed E-state index contributed by atoms with van der Waals surface area (Å²) in [5.41, 5.74) is 6.13. The number of nitrogens with one attached hydrogen (secondary N) is 1. The van der Waals surface area contributed by atoms with Crippen LogP contribution in [-0.2, 0) is 9.59 Å². The van der Waals surface area contributed by atoms with Gasteiger partial charge in [-0.1, -0.05) is 12.1 Å². The highest BCUT2D eigenvalue weighted by Crippen LogP contribution is 2.12. The SMILES string of the molecule is CC(NC(=O)C(N)CC(=O)O)c1ccc(F)cc1. The lowest BCUT2D eigenvalue weighted by Crippen LogP contribution is -2.42. The van der Waals surface area contributed by atoms with E-state index in [4.69, 9.17) is 10.8 Å². The molecule has 1 aromatic rings. The van der Waals surface area contributed by atoms with Crippen molar-refractivity contribution in [2.45, 2.75) is 25.4 Å². The van der Waals surface area contributed by atoms with Gasteiger partial charge in [0.05, 0.1) is 18.5 Å². The average molecular weight is 254 g/mol. The van der Waals surface area contributed by atoms with E-state index in [1.54, 1.807) is 19.1 Å². The lowest BCUT2D eigenvalue weighted by Gasteiger charge is -2.17. The summed E-state index contributed by atoms with van der Waals surface area (Å²) in [7, 11) is 0. The van der Waals surface area contributed by atoms with Crippen molar-refractivity contribution in [3.63, 3.8) is 0 Å². The van der Waals surface area contributed by atoms with E-state index in [9.17, 15) is 14.0 Å². The molecule has 6 heteroatoms. The molecule has 2 atom stereocenters. The second-order valence-corrected chi connectivity index (χ2v) is 3.99. The van der Waals surface area contributed by atoms with Crippen LogP contribution in [0.15, 0.2) is 24.3 Å². The predicted molar refractivity (Wildman–Crippen MR) is 63.2 cm³/mol. The maximum atomic E-state index is 12.7. The Morgan fingerprint density at radius 1 is 1.39 bits per heavy atom. The molecular formula is C12H15FN2O3. The molecule has 18 heavy (non-hydrogen) atoms. The molecule has 0 saturated heterocycles. The second-order valence-electron chi connectivity index (χ2n) is 3.99. The first-order valence-electron chi connectivity index (χ1n) is 5.43. The average Bonchev–Trinajstić information content (AvgIpc) is 2.28. The number of aliphatic carboxylic acids is 1. The largest absolute Gasteiger partial charge is 0.481 e. The fourth-order valence-electron chi connectivity index (χ4n) is 1.44. The molecule has 0 aliphatic rings. The Morgan fingerprint density at radius 3 is 2.44 bits per heavy atom. The summed E-state index contributed by atoms with van der Waals surface area (Å²) in [5, 5.41) is 11.1. The van der Waals surface area contributed by atoms with Crippen LogP contribution in [0.25, 0.3) is 0 Å². The minimum Gasteiger partial charge on any atom is -0.481 e. The second kappa shape index (κ2) is 6.11. The Kier molecular flexibility index (Phi) is 4.79. The molecule has 0 aromatic heterocycles. The van der Waals surface area contributed by atoms with Gasteiger partial charge in [-0.2, -0.15) is 0 Å². The zero-order chi connectivity index (χ0) is 13.7. The summed E-state index contributed by atoms with van der Waals surface area (Å²) >= 11 is 0. The zero-order valence-corrected chi connectivity index (χ0v) is 9.89. The van der Waals surface area contributed by atoms with E-state index in [0.717, 1.165) is 0 Å². The minimum atomic E-state index is -1.13. The summed E-state index contributed by atoms with van der Waals surface area (Å²) in [4.78, 5) is 22.0. The van der Waals surface area contributed by atoms with Gasteiger partial charge in [-0.05, 0) is 24.6 Å². The number of hydrogen-bond donors (Lipinski definition) is 3. The Labute approximate surface area is 104 Å². The molecule has 0 aliphatic heterocycles. The number of carboxylic acid groups (broad SMARTS) is 1. The Balaban J connectivity index is 2.59. The Bertz CT molecular complexity index is 433. The van der Waals surface area contributed by atoms with Gasteiger partial charge in [0.25, 0.3) is 0 Å². The van der Waals surface area contributed by atoms with E-state index in [-0.39, 0.29) is 11.9 Å². The van der Waals surface area contributed by atoms with Crippen LogP contribution in [0.3, 0.4) is 0 Å². The third-order valence-electron chi connectivity index (χ3n) is 2.46. The first-order valence-corrected chi connectivity index (χ1v) is 5.43. The van der Waals surface area contributed by atoms with Gasteiger partial charge in [0.2, 0.25) is 5.91 Å². The van der Waals surface area contributed by atoms with Gasteiger partial charge in [-0.3, -0.25) is 9.59 Å². The van der Waals surface area contributed by atoms with Crippen molar-refractivity contribution >= 4 is 11.9 Å². The summed E-state index contributed by atoms with van der Waals surface area (Å²) in [6.45, 7) is 1.71. The van der Waals surface area contributed by atoms with Crippen molar-refractivity contribution in [3.8, 4) is 0 Å². The van der Waals surface area contributed by atoms with Crippen LogP contribution >= 0.6 is 0 Å². The summed E-state index contributed by atoms with van der Waals surface area (Å²) in [6, 6.07) is 4.21. The number of carbonyl (C=O) groups is 2. The van der Waals surface area contributed by atoms with Gasteiger partial charge >= 0.3 is 5.97 Å². The Hall–Kier alpha value is -1.95.